The van der Waals surface area contributed by atoms with E-state index in [-0.39, 0.29) is 11.9 Å². The van der Waals surface area contributed by atoms with Crippen molar-refractivity contribution < 1.29 is 9.90 Å². The molecular formula is C15H16N2O2. The summed E-state index contributed by atoms with van der Waals surface area (Å²) in [5.41, 5.74) is 2.71. The van der Waals surface area contributed by atoms with E-state index in [1.54, 1.807) is 10.6 Å². The summed E-state index contributed by atoms with van der Waals surface area (Å²) >= 11 is 0. The number of hydrogen-bond acceptors (Lipinski definition) is 2. The van der Waals surface area contributed by atoms with Crippen molar-refractivity contribution in [3.8, 4) is 0 Å². The van der Waals surface area contributed by atoms with E-state index in [0.29, 0.717) is 12.1 Å². The maximum atomic E-state index is 12.2. The minimum absolute atomic E-state index is 0.159. The lowest BCUT2D eigenvalue weighted by molar-refractivity contribution is 0.0850. The van der Waals surface area contributed by atoms with Gasteiger partial charge in [0.05, 0.1) is 12.1 Å². The molecule has 98 valence electrons. The molecule has 0 unspecified atom stereocenters. The Kier molecular flexibility index (Phi) is 2.87. The molecule has 0 aliphatic heterocycles. The summed E-state index contributed by atoms with van der Waals surface area (Å²) < 4.78 is 1.77. The molecule has 1 aromatic carbocycles. The number of aromatic nitrogens is 1. The highest BCUT2D eigenvalue weighted by Gasteiger charge is 2.32. The van der Waals surface area contributed by atoms with Gasteiger partial charge in [-0.3, -0.25) is 4.79 Å². The maximum Gasteiger partial charge on any atom is 0.268 e. The molecule has 3 rings (SSSR count). The molecule has 1 aliphatic rings. The van der Waals surface area contributed by atoms with E-state index < -0.39 is 6.10 Å². The first-order valence-electron chi connectivity index (χ1n) is 6.35. The van der Waals surface area contributed by atoms with Gasteiger partial charge in [0.1, 0.15) is 5.69 Å². The minimum Gasteiger partial charge on any atom is -0.390 e. The van der Waals surface area contributed by atoms with Gasteiger partial charge in [0.25, 0.3) is 5.91 Å². The van der Waals surface area contributed by atoms with Gasteiger partial charge in [-0.15, -0.1) is 0 Å². The zero-order valence-corrected chi connectivity index (χ0v) is 10.7. The number of fused-ring (bicyclic) bond motifs is 1. The van der Waals surface area contributed by atoms with Crippen LogP contribution in [0.15, 0.2) is 42.6 Å². The van der Waals surface area contributed by atoms with Crippen molar-refractivity contribution in [1.82, 2.24) is 9.88 Å². The van der Waals surface area contributed by atoms with Gasteiger partial charge in [0.2, 0.25) is 0 Å². The Morgan fingerprint density at radius 1 is 1.32 bits per heavy atom. The van der Waals surface area contributed by atoms with Gasteiger partial charge in [-0.05, 0) is 23.3 Å². The van der Waals surface area contributed by atoms with Crippen LogP contribution in [0.4, 0.5) is 0 Å². The highest BCUT2D eigenvalue weighted by Crippen LogP contribution is 2.31. The van der Waals surface area contributed by atoms with Crippen LogP contribution in [0, 0.1) is 0 Å². The Bertz CT molecular complexity index is 618. The fraction of sp³-hybridized carbons (Fsp3) is 0.267. The molecule has 0 spiro atoms. The first-order valence-corrected chi connectivity index (χ1v) is 6.35. The van der Waals surface area contributed by atoms with E-state index in [2.05, 4.69) is 5.32 Å². The van der Waals surface area contributed by atoms with Crippen LogP contribution in [0.1, 0.15) is 27.7 Å². The van der Waals surface area contributed by atoms with Crippen molar-refractivity contribution >= 4 is 5.91 Å². The summed E-state index contributed by atoms with van der Waals surface area (Å²) in [6.07, 6.45) is 1.86. The van der Waals surface area contributed by atoms with Crippen molar-refractivity contribution in [2.24, 2.45) is 7.05 Å². The number of rotatable bonds is 2. The van der Waals surface area contributed by atoms with Crippen molar-refractivity contribution in [2.75, 3.05) is 0 Å². The Morgan fingerprint density at radius 3 is 2.84 bits per heavy atom. The van der Waals surface area contributed by atoms with Crippen LogP contribution in [-0.2, 0) is 13.5 Å². The molecule has 1 heterocycles. The van der Waals surface area contributed by atoms with Crippen LogP contribution in [-0.4, -0.2) is 21.7 Å². The van der Waals surface area contributed by atoms with Crippen LogP contribution in [0.2, 0.25) is 0 Å². The standard InChI is InChI=1S/C15H16N2O2/c1-17-8-4-7-12(17)15(19)16-14-11-6-3-2-5-10(11)9-13(14)18/h2-8,13-14,18H,9H2,1H3,(H,16,19)/t13-,14+/m1/s1. The van der Waals surface area contributed by atoms with Crippen LogP contribution in [0.25, 0.3) is 0 Å². The third kappa shape index (κ3) is 2.04. The van der Waals surface area contributed by atoms with E-state index in [4.69, 9.17) is 0 Å². The summed E-state index contributed by atoms with van der Waals surface area (Å²) in [6.45, 7) is 0. The van der Waals surface area contributed by atoms with Crippen molar-refractivity contribution in [3.05, 3.63) is 59.4 Å². The van der Waals surface area contributed by atoms with Gasteiger partial charge < -0.3 is 15.0 Å². The summed E-state index contributed by atoms with van der Waals surface area (Å²) in [6, 6.07) is 11.1. The summed E-state index contributed by atoms with van der Waals surface area (Å²) in [4.78, 5) is 12.2. The molecule has 2 atom stereocenters. The molecule has 0 saturated heterocycles. The van der Waals surface area contributed by atoms with Crippen LogP contribution >= 0.6 is 0 Å². The predicted octanol–water partition coefficient (Wildman–Crippen LogP) is 1.41. The second kappa shape index (κ2) is 4.55. The molecule has 1 aliphatic carbocycles. The van der Waals surface area contributed by atoms with Gasteiger partial charge in [-0.2, -0.15) is 0 Å². The number of hydrogen-bond donors (Lipinski definition) is 2. The smallest absolute Gasteiger partial charge is 0.268 e. The van der Waals surface area contributed by atoms with Crippen molar-refractivity contribution in [2.45, 2.75) is 18.6 Å². The van der Waals surface area contributed by atoms with Crippen molar-refractivity contribution in [1.29, 1.82) is 0 Å². The number of amides is 1. The summed E-state index contributed by atoms with van der Waals surface area (Å²) in [5, 5.41) is 13.0. The molecular weight excluding hydrogens is 240 g/mol. The Morgan fingerprint density at radius 2 is 2.11 bits per heavy atom. The average Bonchev–Trinajstić information content (AvgIpc) is 2.94. The van der Waals surface area contributed by atoms with Gasteiger partial charge in [0, 0.05) is 19.7 Å². The van der Waals surface area contributed by atoms with Gasteiger partial charge in [-0.1, -0.05) is 24.3 Å². The number of aliphatic hydroxyl groups is 1. The lowest BCUT2D eigenvalue weighted by atomic mass is 10.1. The molecule has 0 bridgehead atoms. The number of aliphatic hydroxyl groups excluding tert-OH is 1. The molecule has 2 N–H and O–H groups in total. The second-order valence-corrected chi connectivity index (χ2v) is 4.93. The van der Waals surface area contributed by atoms with E-state index in [9.17, 15) is 9.90 Å². The topological polar surface area (TPSA) is 54.3 Å². The van der Waals surface area contributed by atoms with Gasteiger partial charge >= 0.3 is 0 Å². The molecule has 4 heteroatoms. The molecule has 4 nitrogen and oxygen atoms in total. The molecule has 1 aromatic heterocycles. The number of carbonyl (C=O) groups is 1. The largest absolute Gasteiger partial charge is 0.390 e. The SMILES string of the molecule is Cn1cccc1C(=O)N[C@H]1c2ccccc2C[C@H]1O. The normalized spacial score (nSPS) is 21.2. The molecule has 2 aromatic rings. The molecule has 19 heavy (non-hydrogen) atoms. The van der Waals surface area contributed by atoms with Crippen LogP contribution in [0.5, 0.6) is 0 Å². The second-order valence-electron chi connectivity index (χ2n) is 4.93. The number of carbonyl (C=O) groups excluding carboxylic acids is 1. The van der Waals surface area contributed by atoms with Crippen LogP contribution < -0.4 is 5.32 Å². The van der Waals surface area contributed by atoms with Gasteiger partial charge in [0.15, 0.2) is 0 Å². The highest BCUT2D eigenvalue weighted by atomic mass is 16.3. The minimum atomic E-state index is -0.554. The Labute approximate surface area is 111 Å². The zero-order chi connectivity index (χ0) is 13.4. The monoisotopic (exact) mass is 256 g/mol. The lowest BCUT2D eigenvalue weighted by Gasteiger charge is -2.18. The third-order valence-electron chi connectivity index (χ3n) is 3.67. The number of nitrogens with zero attached hydrogens (tertiary/aromatic N) is 1. The van der Waals surface area contributed by atoms with Crippen LogP contribution in [0.3, 0.4) is 0 Å². The fourth-order valence-electron chi connectivity index (χ4n) is 2.66. The molecule has 0 saturated carbocycles. The third-order valence-corrected chi connectivity index (χ3v) is 3.67. The van der Waals surface area contributed by atoms with Gasteiger partial charge in [-0.25, -0.2) is 0 Å². The Hall–Kier alpha value is -2.07. The highest BCUT2D eigenvalue weighted by molar-refractivity contribution is 5.93. The number of benzene rings is 1. The van der Waals surface area contributed by atoms with E-state index >= 15 is 0 Å². The fourth-order valence-corrected chi connectivity index (χ4v) is 2.66. The predicted molar refractivity (Wildman–Crippen MR) is 71.8 cm³/mol. The van der Waals surface area contributed by atoms with E-state index in [0.717, 1.165) is 11.1 Å². The Balaban J connectivity index is 1.84. The van der Waals surface area contributed by atoms with E-state index in [1.807, 2.05) is 43.6 Å². The number of nitrogens with one attached hydrogen (secondary N) is 1. The maximum absolute atomic E-state index is 12.2. The summed E-state index contributed by atoms with van der Waals surface area (Å²) in [5.74, 6) is -0.159. The first-order chi connectivity index (χ1) is 9.16. The van der Waals surface area contributed by atoms with Crippen molar-refractivity contribution in [3.63, 3.8) is 0 Å². The molecule has 0 fully saturated rings. The lowest BCUT2D eigenvalue weighted by Crippen LogP contribution is -2.34. The van der Waals surface area contributed by atoms with E-state index in [1.165, 1.54) is 0 Å². The zero-order valence-electron chi connectivity index (χ0n) is 10.7. The number of aryl methyl sites for hydroxylation is 1. The average molecular weight is 256 g/mol. The quantitative estimate of drug-likeness (QED) is 0.853. The summed E-state index contributed by atoms with van der Waals surface area (Å²) in [7, 11) is 1.83. The first kappa shape index (κ1) is 12.0. The molecule has 1 amide bonds. The molecule has 0 radical (unpaired) electrons.